The van der Waals surface area contributed by atoms with E-state index in [0.717, 1.165) is 21.9 Å². The molecule has 0 bridgehead atoms. The molecule has 150 valence electrons. The number of hydrogen-bond acceptors (Lipinski definition) is 3. The van der Waals surface area contributed by atoms with E-state index in [1.165, 1.54) is 40.7 Å². The maximum absolute atomic E-state index is 13.3. The Balaban J connectivity index is 0.00000240. The number of fused-ring (bicyclic) bond motifs is 1. The van der Waals surface area contributed by atoms with Crippen molar-refractivity contribution in [2.75, 3.05) is 5.32 Å². The molecular weight excluding hydrogens is 432 g/mol. The molecule has 1 N–H and O–H groups in total. The summed E-state index contributed by atoms with van der Waals surface area (Å²) in [6.45, 7) is 4.16. The molecule has 0 radical (unpaired) electrons. The number of aryl methyl sites for hydroxylation is 2. The largest absolute Gasteiger partial charge is 0.326 e. The molecule has 2 heterocycles. The summed E-state index contributed by atoms with van der Waals surface area (Å²) in [5.74, 6) is -0.722. The van der Waals surface area contributed by atoms with Crippen LogP contribution in [0.1, 0.15) is 16.8 Å². The average Bonchev–Trinajstić information content (AvgIpc) is 3.23. The number of nitrogens with one attached hydrogen (secondary N) is 1. The maximum atomic E-state index is 13.3. The fraction of sp³-hybridized carbons (Fsp3) is 0.143. The molecule has 0 aliphatic carbocycles. The topological polar surface area (TPSA) is 46.4 Å². The second-order valence-electron chi connectivity index (χ2n) is 6.66. The van der Waals surface area contributed by atoms with E-state index in [0.29, 0.717) is 5.69 Å². The van der Waals surface area contributed by atoms with E-state index in [1.54, 1.807) is 0 Å². The van der Waals surface area contributed by atoms with Crippen LogP contribution in [-0.2, 0) is 11.2 Å². The molecule has 2 aromatic carbocycles. The summed E-state index contributed by atoms with van der Waals surface area (Å²) in [6.07, 6.45) is 2.13. The number of imidazole rings is 1. The van der Waals surface area contributed by atoms with Gasteiger partial charge in [-0.2, -0.15) is 0 Å². The Morgan fingerprint density at radius 2 is 2.00 bits per heavy atom. The third-order valence-corrected chi connectivity index (χ3v) is 5.81. The molecule has 0 aliphatic rings. The Labute approximate surface area is 182 Å². The molecule has 0 fully saturated rings. The highest BCUT2D eigenvalue weighted by molar-refractivity contribution is 7.15. The number of amides is 1. The SMILES string of the molecule is Cc1ccc(-c2cn3c(CC(=O)Nc4ccc(F)c(Cl)c4)csc3n2)cc1C.Cl. The smallest absolute Gasteiger partial charge is 0.230 e. The number of benzene rings is 2. The van der Waals surface area contributed by atoms with Gasteiger partial charge in [-0.3, -0.25) is 9.20 Å². The van der Waals surface area contributed by atoms with Crippen LogP contribution < -0.4 is 5.32 Å². The number of halogens is 3. The Kier molecular flexibility index (Phi) is 6.27. The Morgan fingerprint density at radius 1 is 1.21 bits per heavy atom. The minimum absolute atomic E-state index is 0. The van der Waals surface area contributed by atoms with E-state index < -0.39 is 5.82 Å². The van der Waals surface area contributed by atoms with Gasteiger partial charge >= 0.3 is 0 Å². The number of thiazole rings is 1. The van der Waals surface area contributed by atoms with E-state index in [-0.39, 0.29) is 29.8 Å². The first kappa shape index (κ1) is 21.3. The number of carbonyl (C=O) groups is 1. The van der Waals surface area contributed by atoms with Crippen LogP contribution in [-0.4, -0.2) is 15.3 Å². The molecule has 4 rings (SSSR count). The van der Waals surface area contributed by atoms with Crippen molar-refractivity contribution in [1.82, 2.24) is 9.38 Å². The van der Waals surface area contributed by atoms with Crippen molar-refractivity contribution in [3.8, 4) is 11.3 Å². The van der Waals surface area contributed by atoms with Crippen molar-refractivity contribution < 1.29 is 9.18 Å². The normalized spacial score (nSPS) is 10.8. The van der Waals surface area contributed by atoms with Crippen molar-refractivity contribution in [2.45, 2.75) is 20.3 Å². The highest BCUT2D eigenvalue weighted by Crippen LogP contribution is 2.26. The summed E-state index contributed by atoms with van der Waals surface area (Å²) >= 11 is 7.25. The van der Waals surface area contributed by atoms with E-state index in [4.69, 9.17) is 11.6 Å². The van der Waals surface area contributed by atoms with Crippen molar-refractivity contribution in [3.05, 3.63) is 75.6 Å². The number of carbonyl (C=O) groups excluding carboxylic acids is 1. The molecule has 8 heteroatoms. The lowest BCUT2D eigenvalue weighted by Crippen LogP contribution is -2.15. The predicted octanol–water partition coefficient (Wildman–Crippen LogP) is 6.08. The zero-order valence-corrected chi connectivity index (χ0v) is 18.1. The van der Waals surface area contributed by atoms with Gasteiger partial charge in [0.2, 0.25) is 5.91 Å². The molecule has 4 aromatic rings. The van der Waals surface area contributed by atoms with Gasteiger partial charge in [0, 0.05) is 28.5 Å². The minimum atomic E-state index is -0.517. The molecule has 0 spiro atoms. The van der Waals surface area contributed by atoms with Crippen molar-refractivity contribution >= 4 is 51.9 Å². The lowest BCUT2D eigenvalue weighted by Gasteiger charge is -2.06. The first-order chi connectivity index (χ1) is 13.4. The zero-order valence-electron chi connectivity index (χ0n) is 15.7. The molecule has 0 atom stereocenters. The van der Waals surface area contributed by atoms with Crippen molar-refractivity contribution in [3.63, 3.8) is 0 Å². The van der Waals surface area contributed by atoms with Gasteiger partial charge in [-0.05, 0) is 49.2 Å². The molecule has 29 heavy (non-hydrogen) atoms. The first-order valence-corrected chi connectivity index (χ1v) is 9.94. The highest BCUT2D eigenvalue weighted by atomic mass is 35.5. The first-order valence-electron chi connectivity index (χ1n) is 8.69. The van der Waals surface area contributed by atoms with Gasteiger partial charge in [0.25, 0.3) is 0 Å². The Bertz CT molecular complexity index is 1200. The summed E-state index contributed by atoms with van der Waals surface area (Å²) in [5.41, 5.74) is 5.68. The third kappa shape index (κ3) is 4.45. The number of aromatic nitrogens is 2. The molecule has 0 unspecified atom stereocenters. The lowest BCUT2D eigenvalue weighted by atomic mass is 10.0. The summed E-state index contributed by atoms with van der Waals surface area (Å²) in [6, 6.07) is 10.4. The van der Waals surface area contributed by atoms with Gasteiger partial charge in [0.15, 0.2) is 4.96 Å². The summed E-state index contributed by atoms with van der Waals surface area (Å²) in [7, 11) is 0. The third-order valence-electron chi connectivity index (χ3n) is 4.63. The van der Waals surface area contributed by atoms with Gasteiger partial charge in [-0.15, -0.1) is 23.7 Å². The van der Waals surface area contributed by atoms with E-state index in [1.807, 2.05) is 16.0 Å². The molecule has 4 nitrogen and oxygen atoms in total. The summed E-state index contributed by atoms with van der Waals surface area (Å²) < 4.78 is 15.2. The summed E-state index contributed by atoms with van der Waals surface area (Å²) in [4.78, 5) is 17.9. The lowest BCUT2D eigenvalue weighted by molar-refractivity contribution is -0.115. The van der Waals surface area contributed by atoms with Gasteiger partial charge in [0.1, 0.15) is 5.82 Å². The second kappa shape index (κ2) is 8.53. The monoisotopic (exact) mass is 449 g/mol. The van der Waals surface area contributed by atoms with Crippen LogP contribution >= 0.6 is 35.3 Å². The number of anilines is 1. The maximum Gasteiger partial charge on any atom is 0.230 e. The fourth-order valence-corrected chi connectivity index (χ4v) is 3.99. The van der Waals surface area contributed by atoms with Crippen LogP contribution in [0, 0.1) is 19.7 Å². The fourth-order valence-electron chi connectivity index (χ4n) is 2.94. The number of rotatable bonds is 4. The zero-order chi connectivity index (χ0) is 19.8. The number of hydrogen-bond donors (Lipinski definition) is 1. The van der Waals surface area contributed by atoms with Crippen LogP contribution in [0.15, 0.2) is 48.0 Å². The van der Waals surface area contributed by atoms with E-state index in [2.05, 4.69) is 42.3 Å². The highest BCUT2D eigenvalue weighted by Gasteiger charge is 2.13. The standard InChI is InChI=1S/C21H17ClFN3OS.ClH/c1-12-3-4-14(7-13(12)2)19-10-26-16(11-28-21(26)25-19)9-20(27)24-15-5-6-18(23)17(22)8-15;/h3-8,10-11H,9H2,1-2H3,(H,24,27);1H. The van der Waals surface area contributed by atoms with Gasteiger partial charge in [-0.25, -0.2) is 9.37 Å². The number of nitrogens with zero attached hydrogens (tertiary/aromatic N) is 2. The summed E-state index contributed by atoms with van der Waals surface area (Å²) in [5, 5.41) is 4.64. The van der Waals surface area contributed by atoms with E-state index in [9.17, 15) is 9.18 Å². The van der Waals surface area contributed by atoms with Gasteiger partial charge < -0.3 is 5.32 Å². The van der Waals surface area contributed by atoms with Crippen LogP contribution in [0.3, 0.4) is 0 Å². The van der Waals surface area contributed by atoms with Gasteiger partial charge in [0.05, 0.1) is 17.1 Å². The molecule has 0 saturated carbocycles. The van der Waals surface area contributed by atoms with Crippen LogP contribution in [0.2, 0.25) is 5.02 Å². The average molecular weight is 450 g/mol. The second-order valence-corrected chi connectivity index (χ2v) is 7.90. The Morgan fingerprint density at radius 3 is 2.72 bits per heavy atom. The quantitative estimate of drug-likeness (QED) is 0.410. The van der Waals surface area contributed by atoms with Crippen molar-refractivity contribution in [2.24, 2.45) is 0 Å². The molecule has 1 amide bonds. The van der Waals surface area contributed by atoms with Crippen LogP contribution in [0.5, 0.6) is 0 Å². The molecule has 2 aromatic heterocycles. The predicted molar refractivity (Wildman–Crippen MR) is 119 cm³/mol. The van der Waals surface area contributed by atoms with E-state index >= 15 is 0 Å². The molecule has 0 saturated heterocycles. The van der Waals surface area contributed by atoms with Crippen molar-refractivity contribution in [1.29, 1.82) is 0 Å². The van der Waals surface area contributed by atoms with Crippen LogP contribution in [0.4, 0.5) is 10.1 Å². The van der Waals surface area contributed by atoms with Crippen LogP contribution in [0.25, 0.3) is 16.2 Å². The van der Waals surface area contributed by atoms with Gasteiger partial charge in [-0.1, -0.05) is 23.7 Å². The Hall–Kier alpha value is -2.41. The molecule has 0 aliphatic heterocycles. The molecular formula is C21H18Cl2FN3OS. The minimum Gasteiger partial charge on any atom is -0.326 e.